The largest absolute Gasteiger partial charge is 0.346 e. The van der Waals surface area contributed by atoms with E-state index in [0.717, 1.165) is 4.90 Å². The molecular formula is C15H9Cl3N2O4S. The van der Waals surface area contributed by atoms with E-state index in [1.807, 2.05) is 0 Å². The van der Waals surface area contributed by atoms with Crippen LogP contribution in [0, 0.1) is 0 Å². The van der Waals surface area contributed by atoms with E-state index in [-0.39, 0.29) is 24.9 Å². The van der Waals surface area contributed by atoms with Crippen molar-refractivity contribution in [1.29, 1.82) is 0 Å². The fourth-order valence-electron chi connectivity index (χ4n) is 2.29. The molecule has 1 heterocycles. The van der Waals surface area contributed by atoms with Crippen LogP contribution in [0.2, 0.25) is 15.1 Å². The second-order valence-electron chi connectivity index (χ2n) is 5.08. The molecule has 130 valence electrons. The first-order valence-electron chi connectivity index (χ1n) is 6.82. The Labute approximate surface area is 158 Å². The number of anilines is 1. The van der Waals surface area contributed by atoms with E-state index in [9.17, 15) is 18.0 Å². The number of hydrogen-bond acceptors (Lipinski definition) is 4. The summed E-state index contributed by atoms with van der Waals surface area (Å²) in [5.41, 5.74) is 0.265. The number of carbonyl (C=O) groups is 2. The first-order valence-corrected chi connectivity index (χ1v) is 9.39. The highest BCUT2D eigenvalue weighted by Gasteiger charge is 2.45. The number of rotatable bonds is 3. The van der Waals surface area contributed by atoms with Crippen molar-refractivity contribution in [3.63, 3.8) is 0 Å². The van der Waals surface area contributed by atoms with Gasteiger partial charge in [0, 0.05) is 10.7 Å². The van der Waals surface area contributed by atoms with Crippen LogP contribution < -0.4 is 4.90 Å². The molecule has 0 aromatic heterocycles. The van der Waals surface area contributed by atoms with Crippen LogP contribution >= 0.6 is 34.8 Å². The Hall–Kier alpha value is -1.80. The summed E-state index contributed by atoms with van der Waals surface area (Å²) < 4.78 is 25.5. The minimum Gasteiger partial charge on any atom is -0.284 e. The first-order chi connectivity index (χ1) is 11.7. The lowest BCUT2D eigenvalue weighted by Gasteiger charge is -2.17. The van der Waals surface area contributed by atoms with E-state index in [1.54, 1.807) is 0 Å². The molecular weight excluding hydrogens is 411 g/mol. The molecule has 25 heavy (non-hydrogen) atoms. The Bertz CT molecular complexity index is 977. The van der Waals surface area contributed by atoms with Gasteiger partial charge < -0.3 is 0 Å². The van der Waals surface area contributed by atoms with Gasteiger partial charge in [-0.1, -0.05) is 34.8 Å². The summed E-state index contributed by atoms with van der Waals surface area (Å²) >= 11 is 17.5. The van der Waals surface area contributed by atoms with Crippen molar-refractivity contribution in [2.45, 2.75) is 4.90 Å². The number of imide groups is 1. The first kappa shape index (κ1) is 18.0. The monoisotopic (exact) mass is 418 g/mol. The van der Waals surface area contributed by atoms with Crippen molar-refractivity contribution in [2.24, 2.45) is 0 Å². The molecule has 2 aromatic carbocycles. The topological polar surface area (TPSA) is 74.8 Å². The van der Waals surface area contributed by atoms with Gasteiger partial charge in [0.2, 0.25) is 0 Å². The van der Waals surface area contributed by atoms with E-state index in [4.69, 9.17) is 34.8 Å². The number of carbonyl (C=O) groups excluding carboxylic acids is 2. The van der Waals surface area contributed by atoms with Crippen LogP contribution in [-0.2, 0) is 14.8 Å². The van der Waals surface area contributed by atoms with Crippen molar-refractivity contribution in [2.75, 3.05) is 11.4 Å². The zero-order chi connectivity index (χ0) is 18.4. The molecule has 0 spiro atoms. The van der Waals surface area contributed by atoms with Gasteiger partial charge in [0.25, 0.3) is 15.9 Å². The van der Waals surface area contributed by atoms with E-state index in [0.29, 0.717) is 5.02 Å². The summed E-state index contributed by atoms with van der Waals surface area (Å²) in [6.45, 7) is -0.427. The van der Waals surface area contributed by atoms with Gasteiger partial charge in [-0.3, -0.25) is 9.69 Å². The quantitative estimate of drug-likeness (QED) is 0.709. The second kappa shape index (κ2) is 6.49. The van der Waals surface area contributed by atoms with Crippen molar-refractivity contribution in [1.82, 2.24) is 4.31 Å². The molecule has 2 aromatic rings. The normalized spacial score (nSPS) is 15.2. The van der Waals surface area contributed by atoms with Crippen molar-refractivity contribution in [3.05, 3.63) is 57.5 Å². The van der Waals surface area contributed by atoms with Crippen molar-refractivity contribution >= 4 is 62.5 Å². The van der Waals surface area contributed by atoms with Crippen LogP contribution in [0.15, 0.2) is 47.4 Å². The summed E-state index contributed by atoms with van der Waals surface area (Å²) in [7, 11) is -4.34. The third-order valence-electron chi connectivity index (χ3n) is 3.49. The average Bonchev–Trinajstić information content (AvgIpc) is 2.85. The highest BCUT2D eigenvalue weighted by atomic mass is 35.5. The zero-order valence-corrected chi connectivity index (χ0v) is 15.4. The molecule has 1 aliphatic heterocycles. The van der Waals surface area contributed by atoms with E-state index >= 15 is 0 Å². The van der Waals surface area contributed by atoms with Gasteiger partial charge in [0.05, 0.1) is 14.9 Å². The molecule has 0 N–H and O–H groups in total. The van der Waals surface area contributed by atoms with Gasteiger partial charge in [0.15, 0.2) is 0 Å². The molecule has 1 saturated heterocycles. The van der Waals surface area contributed by atoms with Gasteiger partial charge in [-0.25, -0.2) is 13.2 Å². The van der Waals surface area contributed by atoms with Gasteiger partial charge in [0.1, 0.15) is 6.54 Å². The Morgan fingerprint density at radius 3 is 2.12 bits per heavy atom. The number of sulfonamides is 1. The van der Waals surface area contributed by atoms with Crippen LogP contribution in [0.4, 0.5) is 10.5 Å². The lowest BCUT2D eigenvalue weighted by Crippen LogP contribution is -2.38. The Morgan fingerprint density at radius 1 is 0.880 bits per heavy atom. The molecule has 1 aliphatic rings. The number of nitrogens with zero attached hydrogens (tertiary/aromatic N) is 2. The van der Waals surface area contributed by atoms with Gasteiger partial charge in [-0.05, 0) is 42.5 Å². The highest BCUT2D eigenvalue weighted by Crippen LogP contribution is 2.31. The molecule has 0 radical (unpaired) electrons. The number of hydrogen-bond donors (Lipinski definition) is 0. The third-order valence-corrected chi connectivity index (χ3v) is 6.19. The molecule has 6 nitrogen and oxygen atoms in total. The van der Waals surface area contributed by atoms with E-state index < -0.39 is 28.5 Å². The van der Waals surface area contributed by atoms with E-state index in [1.165, 1.54) is 42.5 Å². The van der Waals surface area contributed by atoms with Gasteiger partial charge in [-0.2, -0.15) is 0 Å². The Morgan fingerprint density at radius 2 is 1.52 bits per heavy atom. The summed E-state index contributed by atoms with van der Waals surface area (Å²) in [6.07, 6.45) is 0. The number of benzene rings is 2. The molecule has 0 bridgehead atoms. The molecule has 0 atom stereocenters. The van der Waals surface area contributed by atoms with Crippen LogP contribution in [0.25, 0.3) is 0 Å². The standard InChI is InChI=1S/C15H9Cl3N2O4S/c16-9-1-4-11(5-2-9)25(23,24)20-14(21)8-19(15(20)22)10-3-6-12(17)13(18)7-10/h1-7H,8H2. The summed E-state index contributed by atoms with van der Waals surface area (Å²) in [4.78, 5) is 25.6. The fraction of sp³-hybridized carbons (Fsp3) is 0.0667. The number of halogens is 3. The third kappa shape index (κ3) is 3.20. The second-order valence-corrected chi connectivity index (χ2v) is 8.12. The zero-order valence-electron chi connectivity index (χ0n) is 12.3. The minimum absolute atomic E-state index is 0.179. The maximum absolute atomic E-state index is 12.6. The van der Waals surface area contributed by atoms with E-state index in [2.05, 4.69) is 0 Å². The summed E-state index contributed by atoms with van der Waals surface area (Å²) in [5, 5.41) is 0.780. The lowest BCUT2D eigenvalue weighted by atomic mass is 10.3. The highest BCUT2D eigenvalue weighted by molar-refractivity contribution is 7.90. The summed E-state index contributed by atoms with van der Waals surface area (Å²) in [5.74, 6) is -0.869. The molecule has 1 fully saturated rings. The van der Waals surface area contributed by atoms with Crippen LogP contribution in [0.1, 0.15) is 0 Å². The summed E-state index contributed by atoms with van der Waals surface area (Å²) in [6, 6.07) is 8.48. The number of urea groups is 1. The molecule has 3 rings (SSSR count). The maximum atomic E-state index is 12.6. The Kier molecular flexibility index (Phi) is 4.68. The molecule has 0 unspecified atom stereocenters. The smallest absolute Gasteiger partial charge is 0.284 e. The fourth-order valence-corrected chi connectivity index (χ4v) is 4.03. The molecule has 3 amide bonds. The van der Waals surface area contributed by atoms with Gasteiger partial charge in [-0.15, -0.1) is 4.31 Å². The van der Waals surface area contributed by atoms with Crippen LogP contribution in [0.5, 0.6) is 0 Å². The van der Waals surface area contributed by atoms with Crippen molar-refractivity contribution < 1.29 is 18.0 Å². The van der Waals surface area contributed by atoms with Crippen molar-refractivity contribution in [3.8, 4) is 0 Å². The lowest BCUT2D eigenvalue weighted by molar-refractivity contribution is -0.121. The average molecular weight is 420 g/mol. The SMILES string of the molecule is O=C1CN(c2ccc(Cl)c(Cl)c2)C(=O)N1S(=O)(=O)c1ccc(Cl)cc1. The maximum Gasteiger partial charge on any atom is 0.346 e. The molecule has 10 heteroatoms. The van der Waals surface area contributed by atoms with Gasteiger partial charge >= 0.3 is 6.03 Å². The predicted molar refractivity (Wildman–Crippen MR) is 94.7 cm³/mol. The minimum atomic E-state index is -4.34. The van der Waals surface area contributed by atoms with Crippen LogP contribution in [-0.4, -0.2) is 31.2 Å². The number of amides is 3. The molecule has 0 aliphatic carbocycles. The van der Waals surface area contributed by atoms with Crippen LogP contribution in [0.3, 0.4) is 0 Å². The predicted octanol–water partition coefficient (Wildman–Crippen LogP) is 3.80. The Balaban J connectivity index is 1.98. The molecule has 0 saturated carbocycles.